The predicted octanol–water partition coefficient (Wildman–Crippen LogP) is 2.73. The van der Waals surface area contributed by atoms with Gasteiger partial charge in [0.25, 0.3) is 0 Å². The van der Waals surface area contributed by atoms with Crippen molar-refractivity contribution in [3.8, 4) is 0 Å². The van der Waals surface area contributed by atoms with E-state index >= 15 is 0 Å². The van der Waals surface area contributed by atoms with E-state index < -0.39 is 0 Å². The van der Waals surface area contributed by atoms with E-state index in [2.05, 4.69) is 11.3 Å². The molecule has 2 nitrogen and oxygen atoms in total. The van der Waals surface area contributed by atoms with E-state index in [1.165, 1.54) is 6.92 Å². The smallest absolute Gasteiger partial charge is 0.302 e. The third kappa shape index (κ3) is 33.3. The second-order valence-corrected chi connectivity index (χ2v) is 3.40. The van der Waals surface area contributed by atoms with Crippen LogP contribution in [0, 0.1) is 0 Å². The molecule has 0 saturated carbocycles. The lowest BCUT2D eigenvalue weighted by molar-refractivity contribution is -0.140. The summed E-state index contributed by atoms with van der Waals surface area (Å²) < 4.78 is 4.68. The zero-order valence-electron chi connectivity index (χ0n) is 5.44. The molecule has 0 spiro atoms. The Kier molecular flexibility index (Phi) is 55.8. The van der Waals surface area contributed by atoms with Gasteiger partial charge in [-0.1, -0.05) is 36.3 Å². The van der Waals surface area contributed by atoms with Crippen molar-refractivity contribution in [2.45, 2.75) is 49.2 Å². The van der Waals surface area contributed by atoms with Crippen LogP contribution in [0.3, 0.4) is 0 Å². The Morgan fingerprint density at radius 3 is 1.92 bits per heavy atom. The van der Waals surface area contributed by atoms with Gasteiger partial charge in [-0.2, -0.15) is 0 Å². The van der Waals surface area contributed by atoms with Gasteiger partial charge in [0.2, 0.25) is 0 Å². The molecule has 0 aromatic rings. The highest BCUT2D eigenvalue weighted by Gasteiger charge is 1.88. The topological polar surface area (TPSA) is 26.3 Å². The van der Waals surface area contributed by atoms with Gasteiger partial charge in [0.05, 0.1) is 6.61 Å². The van der Waals surface area contributed by atoms with Crippen molar-refractivity contribution >= 4 is 15.5 Å². The summed E-state index contributed by atoms with van der Waals surface area (Å²) >= 11 is 0. The number of hydrogen-bond donors (Lipinski definition) is 0. The van der Waals surface area contributed by atoms with Crippen LogP contribution in [-0.4, -0.2) is 22.1 Å². The fraction of sp³-hybridized carbons (Fsp3) is 0.889. The molecule has 0 aliphatic heterocycles. The predicted molar refractivity (Wildman–Crippen MR) is 62.8 cm³/mol. The molecule has 0 aromatic heterocycles. The molecule has 0 aromatic carbocycles. The monoisotopic (exact) mass is 196 g/mol. The number of esters is 1. The van der Waals surface area contributed by atoms with Gasteiger partial charge in [-0.25, -0.2) is 0 Å². The van der Waals surface area contributed by atoms with E-state index in [4.69, 9.17) is 0 Å². The SMILES string of the molecule is C.C.C.C.C[SiH2]CCOC(C)=O. The lowest BCUT2D eigenvalue weighted by Crippen LogP contribution is -2.01. The van der Waals surface area contributed by atoms with Crippen molar-refractivity contribution in [3.63, 3.8) is 0 Å². The first kappa shape index (κ1) is 29.9. The number of hydrogen-bond acceptors (Lipinski definition) is 2. The summed E-state index contributed by atoms with van der Waals surface area (Å²) in [6.07, 6.45) is 0. The minimum Gasteiger partial charge on any atom is -0.466 e. The number of carbonyl (C=O) groups excluding carboxylic acids is 1. The average Bonchev–Trinajstić information content (AvgIpc) is 1.66. The second kappa shape index (κ2) is 22.4. The fourth-order valence-corrected chi connectivity index (χ4v) is 0.793. The average molecular weight is 196 g/mol. The van der Waals surface area contributed by atoms with Crippen molar-refractivity contribution in [1.29, 1.82) is 0 Å². The van der Waals surface area contributed by atoms with E-state index in [0.29, 0.717) is 6.61 Å². The summed E-state index contributed by atoms with van der Waals surface area (Å²) in [4.78, 5) is 10.1. The third-order valence-corrected chi connectivity index (χ3v) is 1.80. The first-order chi connectivity index (χ1) is 3.77. The Bertz CT molecular complexity index is 74.9. The molecule has 0 aliphatic carbocycles. The molecule has 0 radical (unpaired) electrons. The Hall–Kier alpha value is -0.313. The lowest BCUT2D eigenvalue weighted by Gasteiger charge is -1.96. The standard InChI is InChI=1S/C5H12O2Si.4CH4/c1-5(6)7-3-4-8-2;;;;/h3-4,8H2,1-2H3;4*1H4. The van der Waals surface area contributed by atoms with E-state index in [1.54, 1.807) is 0 Å². The summed E-state index contributed by atoms with van der Waals surface area (Å²) in [6, 6.07) is 1.11. The molecular formula is C9H28O2Si. The molecule has 0 aliphatic rings. The van der Waals surface area contributed by atoms with Crippen LogP contribution in [0.5, 0.6) is 0 Å². The Morgan fingerprint density at radius 2 is 1.67 bits per heavy atom. The van der Waals surface area contributed by atoms with Crippen molar-refractivity contribution in [2.75, 3.05) is 6.61 Å². The van der Waals surface area contributed by atoms with Crippen molar-refractivity contribution in [3.05, 3.63) is 0 Å². The molecule has 80 valence electrons. The van der Waals surface area contributed by atoms with Gasteiger partial charge in [0, 0.05) is 16.4 Å². The second-order valence-electron chi connectivity index (χ2n) is 1.69. The molecular weight excluding hydrogens is 168 g/mol. The molecule has 0 unspecified atom stereocenters. The minimum absolute atomic E-state index is 0. The zero-order valence-corrected chi connectivity index (χ0v) is 6.85. The molecule has 3 heteroatoms. The van der Waals surface area contributed by atoms with Crippen molar-refractivity contribution in [1.82, 2.24) is 0 Å². The summed E-state index contributed by atoms with van der Waals surface area (Å²) in [5.41, 5.74) is 0. The third-order valence-electron chi connectivity index (χ3n) is 0.803. The van der Waals surface area contributed by atoms with Gasteiger partial charge < -0.3 is 4.74 Å². The van der Waals surface area contributed by atoms with E-state index in [1.807, 2.05) is 0 Å². The van der Waals surface area contributed by atoms with Crippen LogP contribution in [0.1, 0.15) is 36.6 Å². The maximum atomic E-state index is 10.1. The summed E-state index contributed by atoms with van der Waals surface area (Å²) in [5.74, 6) is -0.160. The first-order valence-corrected chi connectivity index (χ1v) is 5.32. The Balaban J connectivity index is -0.0000000408. The first-order valence-electron chi connectivity index (χ1n) is 2.90. The van der Waals surface area contributed by atoms with Gasteiger partial charge in [-0.3, -0.25) is 4.79 Å². The van der Waals surface area contributed by atoms with Gasteiger partial charge in [0.1, 0.15) is 0 Å². The number of rotatable bonds is 3. The summed E-state index contributed by atoms with van der Waals surface area (Å²) in [6.45, 7) is 4.28. The molecule has 0 rings (SSSR count). The van der Waals surface area contributed by atoms with Crippen LogP contribution >= 0.6 is 0 Å². The quantitative estimate of drug-likeness (QED) is 0.394. The van der Waals surface area contributed by atoms with Crippen LogP contribution in [-0.2, 0) is 9.53 Å². The van der Waals surface area contributed by atoms with E-state index in [-0.39, 0.29) is 45.2 Å². The molecule has 0 amide bonds. The molecule has 0 bridgehead atoms. The molecule has 0 saturated heterocycles. The van der Waals surface area contributed by atoms with Crippen molar-refractivity contribution in [2.24, 2.45) is 0 Å². The maximum Gasteiger partial charge on any atom is 0.302 e. The van der Waals surface area contributed by atoms with Crippen LogP contribution < -0.4 is 0 Å². The highest BCUT2D eigenvalue weighted by Crippen LogP contribution is 1.81. The lowest BCUT2D eigenvalue weighted by atomic mass is 10.8. The van der Waals surface area contributed by atoms with Gasteiger partial charge >= 0.3 is 5.97 Å². The molecule has 0 N–H and O–H groups in total. The summed E-state index contributed by atoms with van der Waals surface area (Å²) in [5, 5.41) is 0. The van der Waals surface area contributed by atoms with Crippen LogP contribution in [0.2, 0.25) is 12.6 Å². The molecule has 0 heterocycles. The molecule has 12 heavy (non-hydrogen) atoms. The van der Waals surface area contributed by atoms with E-state index in [9.17, 15) is 4.79 Å². The fourth-order valence-electron chi connectivity index (χ4n) is 0.360. The normalized spacial score (nSPS) is 6.83. The van der Waals surface area contributed by atoms with Crippen LogP contribution in [0.4, 0.5) is 0 Å². The zero-order chi connectivity index (χ0) is 6.41. The highest BCUT2D eigenvalue weighted by atomic mass is 28.2. The Labute approximate surface area is 81.5 Å². The van der Waals surface area contributed by atoms with E-state index in [0.717, 1.165) is 6.04 Å². The largest absolute Gasteiger partial charge is 0.466 e. The van der Waals surface area contributed by atoms with Gasteiger partial charge in [-0.05, 0) is 6.04 Å². The van der Waals surface area contributed by atoms with Gasteiger partial charge in [0.15, 0.2) is 0 Å². The Morgan fingerprint density at radius 1 is 1.25 bits per heavy atom. The number of ether oxygens (including phenoxy) is 1. The maximum absolute atomic E-state index is 10.1. The molecule has 0 atom stereocenters. The highest BCUT2D eigenvalue weighted by molar-refractivity contribution is 6.33. The van der Waals surface area contributed by atoms with Crippen molar-refractivity contribution < 1.29 is 9.53 Å². The van der Waals surface area contributed by atoms with Crippen LogP contribution in [0.15, 0.2) is 0 Å². The molecule has 0 fully saturated rings. The number of carbonyl (C=O) groups is 1. The van der Waals surface area contributed by atoms with Gasteiger partial charge in [-0.15, -0.1) is 0 Å². The van der Waals surface area contributed by atoms with Crippen LogP contribution in [0.25, 0.3) is 0 Å². The minimum atomic E-state index is -0.160. The summed E-state index contributed by atoms with van der Waals surface area (Å²) in [7, 11) is 0.0938.